The zero-order valence-electron chi connectivity index (χ0n) is 27.4. The van der Waals surface area contributed by atoms with Crippen molar-refractivity contribution < 1.29 is 40.7 Å². The standard InChI is InChI=1S/C35H46F3NO6S.ClH/c1-22(2)30(19-32(41)33(39)23(3)4)34(42)45-20-27(25-8-6-5-7-9-25)18-31(40)26-12-10-24(11-13-26)21-46(43,44)29-16-14-28(15-17-29)35(36,37)38;/h5-9,14-17,22-24,26-27,30,33H,10-13,18-21,39H2,1-4H3;1H/t24?,26?,27-,30+,33+;/m1./s1. The largest absolute Gasteiger partial charge is 0.465 e. The minimum atomic E-state index is -4.55. The fourth-order valence-corrected chi connectivity index (χ4v) is 7.62. The van der Waals surface area contributed by atoms with Crippen molar-refractivity contribution in [3.63, 3.8) is 0 Å². The van der Waals surface area contributed by atoms with Crippen molar-refractivity contribution in [2.45, 2.75) is 89.3 Å². The number of Topliss-reactive ketones (excluding diaryl/α,β-unsaturated/α-hetero) is 2. The van der Waals surface area contributed by atoms with Gasteiger partial charge in [-0.05, 0) is 73.3 Å². The number of benzene rings is 2. The van der Waals surface area contributed by atoms with Crippen LogP contribution < -0.4 is 5.73 Å². The lowest BCUT2D eigenvalue weighted by molar-refractivity contribution is -0.153. The van der Waals surface area contributed by atoms with Crippen LogP contribution in [0.15, 0.2) is 59.5 Å². The number of hydrogen-bond acceptors (Lipinski definition) is 7. The average Bonchev–Trinajstić information content (AvgIpc) is 3.01. The van der Waals surface area contributed by atoms with Gasteiger partial charge in [-0.3, -0.25) is 14.4 Å². The fraction of sp³-hybridized carbons (Fsp3) is 0.571. The van der Waals surface area contributed by atoms with E-state index in [4.69, 9.17) is 10.5 Å². The van der Waals surface area contributed by atoms with Crippen molar-refractivity contribution in [2.75, 3.05) is 12.4 Å². The molecule has 262 valence electrons. The van der Waals surface area contributed by atoms with E-state index in [1.807, 2.05) is 58.0 Å². The van der Waals surface area contributed by atoms with E-state index in [1.165, 1.54) is 0 Å². The summed E-state index contributed by atoms with van der Waals surface area (Å²) in [5, 5.41) is 0. The number of esters is 1. The fourth-order valence-electron chi connectivity index (χ4n) is 5.92. The predicted octanol–water partition coefficient (Wildman–Crippen LogP) is 7.21. The van der Waals surface area contributed by atoms with Crippen molar-refractivity contribution in [3.8, 4) is 0 Å². The molecular formula is C35H47ClF3NO6S. The van der Waals surface area contributed by atoms with Crippen LogP contribution in [0.4, 0.5) is 13.2 Å². The van der Waals surface area contributed by atoms with E-state index < -0.39 is 45.4 Å². The summed E-state index contributed by atoms with van der Waals surface area (Å²) in [5.74, 6) is -2.60. The summed E-state index contributed by atoms with van der Waals surface area (Å²) < 4.78 is 70.2. The molecule has 0 aromatic heterocycles. The maximum absolute atomic E-state index is 13.5. The van der Waals surface area contributed by atoms with Gasteiger partial charge in [0.25, 0.3) is 0 Å². The Hall–Kier alpha value is -2.76. The molecule has 0 bridgehead atoms. The smallest absolute Gasteiger partial charge is 0.416 e. The quantitative estimate of drug-likeness (QED) is 0.195. The molecule has 2 aromatic carbocycles. The van der Waals surface area contributed by atoms with Gasteiger partial charge < -0.3 is 10.5 Å². The molecule has 2 aromatic rings. The van der Waals surface area contributed by atoms with Gasteiger partial charge >= 0.3 is 12.1 Å². The molecule has 0 amide bonds. The SMILES string of the molecule is CC(C)[C@H](N)C(=O)C[C@H](C(=O)OC[C@@H](CC(=O)C1CCC(CS(=O)(=O)c2ccc(C(F)(F)F)cc2)CC1)c1ccccc1)C(C)C.Cl. The van der Waals surface area contributed by atoms with E-state index in [2.05, 4.69) is 0 Å². The molecular weight excluding hydrogens is 655 g/mol. The number of sulfone groups is 1. The van der Waals surface area contributed by atoms with Crippen LogP contribution in [0.5, 0.6) is 0 Å². The number of rotatable bonds is 15. The first kappa shape index (κ1) is 40.4. The molecule has 3 atom stereocenters. The molecule has 1 saturated carbocycles. The summed E-state index contributed by atoms with van der Waals surface area (Å²) in [7, 11) is -3.79. The Morgan fingerprint density at radius 2 is 1.45 bits per heavy atom. The molecule has 47 heavy (non-hydrogen) atoms. The maximum atomic E-state index is 13.5. The molecule has 0 saturated heterocycles. The van der Waals surface area contributed by atoms with Crippen molar-refractivity contribution in [3.05, 3.63) is 65.7 Å². The molecule has 0 heterocycles. The van der Waals surface area contributed by atoms with Gasteiger partial charge in [-0.25, -0.2) is 8.42 Å². The lowest BCUT2D eigenvalue weighted by Gasteiger charge is -2.29. The van der Waals surface area contributed by atoms with E-state index in [9.17, 15) is 36.0 Å². The normalized spacial score (nSPS) is 19.0. The maximum Gasteiger partial charge on any atom is 0.416 e. The summed E-state index contributed by atoms with van der Waals surface area (Å²) in [5.41, 5.74) is 5.95. The lowest BCUT2D eigenvalue weighted by Crippen LogP contribution is -2.38. The Balaban J connectivity index is 0.00000768. The Morgan fingerprint density at radius 1 is 0.872 bits per heavy atom. The van der Waals surface area contributed by atoms with Crippen molar-refractivity contribution in [2.24, 2.45) is 35.3 Å². The van der Waals surface area contributed by atoms with Gasteiger partial charge in [-0.1, -0.05) is 58.0 Å². The van der Waals surface area contributed by atoms with E-state index >= 15 is 0 Å². The second-order valence-corrected chi connectivity index (χ2v) is 15.3. The summed E-state index contributed by atoms with van der Waals surface area (Å²) in [4.78, 5) is 39.1. The number of carbonyl (C=O) groups excluding carboxylic acids is 3. The minimum Gasteiger partial charge on any atom is -0.465 e. The zero-order valence-corrected chi connectivity index (χ0v) is 29.0. The molecule has 0 unspecified atom stereocenters. The molecule has 0 radical (unpaired) electrons. The highest BCUT2D eigenvalue weighted by Gasteiger charge is 2.34. The number of hydrogen-bond donors (Lipinski definition) is 1. The molecule has 1 aliphatic rings. The molecule has 0 aliphatic heterocycles. The average molecular weight is 702 g/mol. The third-order valence-corrected chi connectivity index (χ3v) is 11.0. The number of nitrogens with two attached hydrogens (primary N) is 1. The minimum absolute atomic E-state index is 0. The third kappa shape index (κ3) is 11.7. The van der Waals surface area contributed by atoms with Crippen molar-refractivity contribution in [1.29, 1.82) is 0 Å². The van der Waals surface area contributed by atoms with E-state index in [0.717, 1.165) is 29.8 Å². The highest BCUT2D eigenvalue weighted by atomic mass is 35.5. The Morgan fingerprint density at radius 3 is 1.96 bits per heavy atom. The first-order valence-electron chi connectivity index (χ1n) is 15.9. The number of ketones is 2. The van der Waals surface area contributed by atoms with Gasteiger partial charge in [-0.15, -0.1) is 12.4 Å². The van der Waals surface area contributed by atoms with Gasteiger partial charge in [0.05, 0.1) is 34.8 Å². The number of alkyl halides is 3. The molecule has 1 aliphatic carbocycles. The van der Waals surface area contributed by atoms with Gasteiger partial charge in [0.1, 0.15) is 5.78 Å². The van der Waals surface area contributed by atoms with E-state index in [0.29, 0.717) is 25.7 Å². The zero-order chi connectivity index (χ0) is 34.2. The van der Waals surface area contributed by atoms with Crippen LogP contribution in [-0.4, -0.2) is 44.4 Å². The van der Waals surface area contributed by atoms with Gasteiger partial charge in [-0.2, -0.15) is 13.2 Å². The summed E-state index contributed by atoms with van der Waals surface area (Å²) in [6.07, 6.45) is -2.41. The van der Waals surface area contributed by atoms with Gasteiger partial charge in [0, 0.05) is 24.7 Å². The molecule has 12 heteroatoms. The second kappa shape index (κ2) is 17.6. The Bertz CT molecular complexity index is 1420. The van der Waals surface area contributed by atoms with Gasteiger partial charge in [0.2, 0.25) is 0 Å². The van der Waals surface area contributed by atoms with Crippen LogP contribution in [0.2, 0.25) is 0 Å². The number of halogens is 4. The van der Waals surface area contributed by atoms with Crippen LogP contribution in [0.1, 0.15) is 83.3 Å². The highest BCUT2D eigenvalue weighted by Crippen LogP contribution is 2.35. The van der Waals surface area contributed by atoms with E-state index in [-0.39, 0.29) is 77.7 Å². The third-order valence-electron chi connectivity index (χ3n) is 9.06. The van der Waals surface area contributed by atoms with Crippen LogP contribution >= 0.6 is 12.4 Å². The summed E-state index contributed by atoms with van der Waals surface area (Å²) in [6, 6.07) is 12.2. The highest BCUT2D eigenvalue weighted by molar-refractivity contribution is 7.91. The summed E-state index contributed by atoms with van der Waals surface area (Å²) in [6.45, 7) is 7.38. The monoisotopic (exact) mass is 701 g/mol. The van der Waals surface area contributed by atoms with Crippen LogP contribution in [0.3, 0.4) is 0 Å². The van der Waals surface area contributed by atoms with Gasteiger partial charge in [0.15, 0.2) is 15.6 Å². The van der Waals surface area contributed by atoms with E-state index in [1.54, 1.807) is 0 Å². The Labute approximate surface area is 282 Å². The van der Waals surface area contributed by atoms with Crippen molar-refractivity contribution in [1.82, 2.24) is 0 Å². The van der Waals surface area contributed by atoms with Crippen molar-refractivity contribution >= 4 is 39.8 Å². The Kier molecular flexibility index (Phi) is 15.1. The molecule has 2 N–H and O–H groups in total. The van der Waals surface area contributed by atoms with Crippen LogP contribution in [-0.2, 0) is 35.1 Å². The number of carbonyl (C=O) groups is 3. The van der Waals surface area contributed by atoms with Crippen LogP contribution in [0, 0.1) is 29.6 Å². The lowest BCUT2D eigenvalue weighted by atomic mass is 9.78. The second-order valence-electron chi connectivity index (χ2n) is 13.2. The molecule has 1 fully saturated rings. The summed E-state index contributed by atoms with van der Waals surface area (Å²) >= 11 is 0. The van der Waals surface area contributed by atoms with Crippen LogP contribution in [0.25, 0.3) is 0 Å². The first-order valence-corrected chi connectivity index (χ1v) is 17.6. The first-order chi connectivity index (χ1) is 21.5. The number of ether oxygens (including phenoxy) is 1. The molecule has 3 rings (SSSR count). The predicted molar refractivity (Wildman–Crippen MR) is 177 cm³/mol. The molecule has 7 nitrogen and oxygen atoms in total. The topological polar surface area (TPSA) is 121 Å². The molecule has 0 spiro atoms.